The van der Waals surface area contributed by atoms with Crippen molar-refractivity contribution in [3.05, 3.63) is 30.1 Å². The average Bonchev–Trinajstić information content (AvgIpc) is 2.17. The van der Waals surface area contributed by atoms with Crippen molar-refractivity contribution in [2.75, 3.05) is 13.2 Å². The average molecular weight is 205 g/mol. The third kappa shape index (κ3) is 2.92. The number of ether oxygens (including phenoxy) is 1. The van der Waals surface area contributed by atoms with E-state index in [1.165, 1.54) is 18.2 Å². The van der Waals surface area contributed by atoms with E-state index in [9.17, 15) is 13.2 Å². The van der Waals surface area contributed by atoms with E-state index < -0.39 is 24.9 Å². The van der Waals surface area contributed by atoms with Crippen molar-refractivity contribution < 1.29 is 17.9 Å². The topological polar surface area (TPSA) is 35.2 Å². The molecular weight excluding hydrogens is 195 g/mol. The van der Waals surface area contributed by atoms with Gasteiger partial charge in [0.15, 0.2) is 18.2 Å². The number of nitrogens with two attached hydrogens (primary N) is 1. The van der Waals surface area contributed by atoms with Crippen molar-refractivity contribution in [1.29, 1.82) is 0 Å². The zero-order chi connectivity index (χ0) is 10.6. The molecule has 0 aliphatic rings. The van der Waals surface area contributed by atoms with Crippen molar-refractivity contribution in [2.24, 2.45) is 5.73 Å². The minimum Gasteiger partial charge on any atom is -0.484 e. The van der Waals surface area contributed by atoms with Crippen LogP contribution in [0.4, 0.5) is 13.2 Å². The third-order valence-corrected chi connectivity index (χ3v) is 1.57. The molecule has 2 nitrogen and oxygen atoms in total. The fraction of sp³-hybridized carbons (Fsp3) is 0.333. The SMILES string of the molecule is NCC(F)(F)COc1ccccc1F. The Kier molecular flexibility index (Phi) is 3.35. The van der Waals surface area contributed by atoms with E-state index in [2.05, 4.69) is 4.74 Å². The molecule has 1 aromatic carbocycles. The van der Waals surface area contributed by atoms with Crippen molar-refractivity contribution in [2.45, 2.75) is 5.92 Å². The van der Waals surface area contributed by atoms with Gasteiger partial charge in [-0.15, -0.1) is 0 Å². The predicted octanol–water partition coefficient (Wildman–Crippen LogP) is 1.80. The minimum absolute atomic E-state index is 0.194. The molecule has 0 heterocycles. The molecule has 78 valence electrons. The van der Waals surface area contributed by atoms with Crippen LogP contribution in [0.1, 0.15) is 0 Å². The summed E-state index contributed by atoms with van der Waals surface area (Å²) in [6, 6.07) is 5.36. The molecule has 2 N–H and O–H groups in total. The molecule has 0 unspecified atom stereocenters. The predicted molar refractivity (Wildman–Crippen MR) is 45.9 cm³/mol. The second kappa shape index (κ2) is 4.32. The number of benzene rings is 1. The molecule has 0 aromatic heterocycles. The van der Waals surface area contributed by atoms with E-state index in [4.69, 9.17) is 5.73 Å². The van der Waals surface area contributed by atoms with Crippen LogP contribution in [-0.4, -0.2) is 19.1 Å². The lowest BCUT2D eigenvalue weighted by molar-refractivity contribution is -0.0328. The minimum atomic E-state index is -3.12. The maximum atomic E-state index is 12.9. The first kappa shape index (κ1) is 10.8. The number of para-hydroxylation sites is 1. The van der Waals surface area contributed by atoms with E-state index in [0.29, 0.717) is 0 Å². The van der Waals surface area contributed by atoms with E-state index >= 15 is 0 Å². The fourth-order valence-electron chi connectivity index (χ4n) is 0.804. The van der Waals surface area contributed by atoms with Crippen molar-refractivity contribution in [1.82, 2.24) is 0 Å². The van der Waals surface area contributed by atoms with Gasteiger partial charge in [0.25, 0.3) is 5.92 Å². The van der Waals surface area contributed by atoms with Gasteiger partial charge in [-0.3, -0.25) is 0 Å². The fourth-order valence-corrected chi connectivity index (χ4v) is 0.804. The summed E-state index contributed by atoms with van der Waals surface area (Å²) in [7, 11) is 0. The Hall–Kier alpha value is -1.23. The van der Waals surface area contributed by atoms with Gasteiger partial charge in [-0.25, -0.2) is 13.2 Å². The first-order chi connectivity index (χ1) is 6.55. The number of halogens is 3. The van der Waals surface area contributed by atoms with E-state index in [1.54, 1.807) is 0 Å². The summed E-state index contributed by atoms with van der Waals surface area (Å²) >= 11 is 0. The van der Waals surface area contributed by atoms with Crippen LogP contribution < -0.4 is 10.5 Å². The standard InChI is InChI=1S/C9H10F3NO/c10-7-3-1-2-4-8(7)14-6-9(11,12)5-13/h1-4H,5-6,13H2. The Bertz CT molecular complexity index is 304. The highest BCUT2D eigenvalue weighted by molar-refractivity contribution is 5.23. The summed E-state index contributed by atoms with van der Waals surface area (Å²) < 4.78 is 42.7. The first-order valence-electron chi connectivity index (χ1n) is 4.00. The molecule has 0 saturated heterocycles. The highest BCUT2D eigenvalue weighted by Crippen LogP contribution is 2.19. The Labute approximate surface area is 79.5 Å². The maximum absolute atomic E-state index is 12.9. The summed E-state index contributed by atoms with van der Waals surface area (Å²) in [5.41, 5.74) is 4.78. The highest BCUT2D eigenvalue weighted by Gasteiger charge is 2.28. The van der Waals surface area contributed by atoms with Crippen LogP contribution >= 0.6 is 0 Å². The Morgan fingerprint density at radius 3 is 2.50 bits per heavy atom. The van der Waals surface area contributed by atoms with Crippen LogP contribution in [0, 0.1) is 5.82 Å². The lowest BCUT2D eigenvalue weighted by Crippen LogP contribution is -2.34. The van der Waals surface area contributed by atoms with Crippen LogP contribution in [0.3, 0.4) is 0 Å². The first-order valence-corrected chi connectivity index (χ1v) is 4.00. The van der Waals surface area contributed by atoms with Gasteiger partial charge in [0.1, 0.15) is 0 Å². The maximum Gasteiger partial charge on any atom is 0.293 e. The summed E-state index contributed by atoms with van der Waals surface area (Å²) in [4.78, 5) is 0. The van der Waals surface area contributed by atoms with E-state index in [0.717, 1.165) is 6.07 Å². The zero-order valence-electron chi connectivity index (χ0n) is 7.34. The molecule has 0 amide bonds. The number of hydrogen-bond donors (Lipinski definition) is 1. The summed E-state index contributed by atoms with van der Waals surface area (Å²) in [6.07, 6.45) is 0. The molecular formula is C9H10F3NO. The van der Waals surface area contributed by atoms with E-state index in [-0.39, 0.29) is 5.75 Å². The quantitative estimate of drug-likeness (QED) is 0.813. The molecule has 0 saturated carbocycles. The monoisotopic (exact) mass is 205 g/mol. The molecule has 5 heteroatoms. The van der Waals surface area contributed by atoms with Crippen molar-refractivity contribution in [3.8, 4) is 5.75 Å². The van der Waals surface area contributed by atoms with Crippen LogP contribution in [-0.2, 0) is 0 Å². The van der Waals surface area contributed by atoms with Gasteiger partial charge < -0.3 is 10.5 Å². The molecule has 0 radical (unpaired) electrons. The largest absolute Gasteiger partial charge is 0.484 e. The molecule has 0 fully saturated rings. The van der Waals surface area contributed by atoms with Gasteiger partial charge in [-0.1, -0.05) is 12.1 Å². The lowest BCUT2D eigenvalue weighted by Gasteiger charge is -2.14. The molecule has 0 atom stereocenters. The van der Waals surface area contributed by atoms with Gasteiger partial charge in [-0.2, -0.15) is 0 Å². The van der Waals surface area contributed by atoms with E-state index in [1.807, 2.05) is 0 Å². The molecule has 1 rings (SSSR count). The smallest absolute Gasteiger partial charge is 0.293 e. The van der Waals surface area contributed by atoms with Crippen LogP contribution in [0.5, 0.6) is 5.75 Å². The Morgan fingerprint density at radius 1 is 1.29 bits per heavy atom. The van der Waals surface area contributed by atoms with Crippen LogP contribution in [0.15, 0.2) is 24.3 Å². The highest BCUT2D eigenvalue weighted by atomic mass is 19.3. The second-order valence-electron chi connectivity index (χ2n) is 2.78. The van der Waals surface area contributed by atoms with Crippen LogP contribution in [0.2, 0.25) is 0 Å². The van der Waals surface area contributed by atoms with Gasteiger partial charge in [0.2, 0.25) is 0 Å². The number of hydrogen-bond acceptors (Lipinski definition) is 2. The number of rotatable bonds is 4. The zero-order valence-corrected chi connectivity index (χ0v) is 7.34. The van der Waals surface area contributed by atoms with Gasteiger partial charge >= 0.3 is 0 Å². The Morgan fingerprint density at radius 2 is 1.93 bits per heavy atom. The van der Waals surface area contributed by atoms with Crippen molar-refractivity contribution in [3.63, 3.8) is 0 Å². The molecule has 0 spiro atoms. The van der Waals surface area contributed by atoms with Gasteiger partial charge in [-0.05, 0) is 12.1 Å². The number of alkyl halides is 2. The van der Waals surface area contributed by atoms with Gasteiger partial charge in [0, 0.05) is 0 Å². The Balaban J connectivity index is 2.58. The summed E-state index contributed by atoms with van der Waals surface area (Å²) in [5.74, 6) is -3.98. The molecule has 14 heavy (non-hydrogen) atoms. The molecule has 0 bridgehead atoms. The second-order valence-corrected chi connectivity index (χ2v) is 2.78. The third-order valence-electron chi connectivity index (χ3n) is 1.57. The van der Waals surface area contributed by atoms with Crippen molar-refractivity contribution >= 4 is 0 Å². The molecule has 0 aliphatic heterocycles. The summed E-state index contributed by atoms with van der Waals surface area (Å²) in [5, 5.41) is 0. The molecule has 0 aliphatic carbocycles. The molecule has 1 aromatic rings. The van der Waals surface area contributed by atoms with Crippen LogP contribution in [0.25, 0.3) is 0 Å². The lowest BCUT2D eigenvalue weighted by atomic mass is 10.3. The normalized spacial score (nSPS) is 11.4. The summed E-state index contributed by atoms with van der Waals surface area (Å²) in [6.45, 7) is -1.73. The van der Waals surface area contributed by atoms with Gasteiger partial charge in [0.05, 0.1) is 6.54 Å².